The van der Waals surface area contributed by atoms with Crippen LogP contribution in [0.1, 0.15) is 30.9 Å². The second-order valence-corrected chi connectivity index (χ2v) is 6.91. The number of hydrogen-bond acceptors (Lipinski definition) is 4. The van der Waals surface area contributed by atoms with Crippen molar-refractivity contribution in [1.29, 1.82) is 0 Å². The standard InChI is InChI=1S/C22H22N4O/c1-15(2)17-5-3-16(4-6-17)13-24-21-22-25-14-20(26(22)12-11-23-21)18-7-9-19(27)10-8-18/h3-12,14-15,27H,13H2,1-2H3,(H,23,24). The number of rotatable bonds is 5. The predicted molar refractivity (Wildman–Crippen MR) is 108 cm³/mol. The number of phenolic OH excluding ortho intramolecular Hbond substituents is 1. The summed E-state index contributed by atoms with van der Waals surface area (Å²) in [5.41, 5.74) is 5.26. The minimum Gasteiger partial charge on any atom is -0.508 e. The number of nitrogens with zero attached hydrogens (tertiary/aromatic N) is 3. The van der Waals surface area contributed by atoms with Crippen LogP contribution in [0.3, 0.4) is 0 Å². The topological polar surface area (TPSA) is 62.5 Å². The third kappa shape index (κ3) is 3.49. The van der Waals surface area contributed by atoms with E-state index in [9.17, 15) is 5.11 Å². The first kappa shape index (κ1) is 17.1. The zero-order chi connectivity index (χ0) is 18.8. The summed E-state index contributed by atoms with van der Waals surface area (Å²) in [5.74, 6) is 1.53. The summed E-state index contributed by atoms with van der Waals surface area (Å²) in [4.78, 5) is 9.00. The SMILES string of the molecule is CC(C)c1ccc(CNc2nccn3c(-c4ccc(O)cc4)cnc23)cc1. The predicted octanol–water partition coefficient (Wildman–Crippen LogP) is 4.84. The van der Waals surface area contributed by atoms with Gasteiger partial charge in [-0.2, -0.15) is 0 Å². The lowest BCUT2D eigenvalue weighted by atomic mass is 10.0. The maximum atomic E-state index is 9.49. The van der Waals surface area contributed by atoms with Gasteiger partial charge in [-0.05, 0) is 41.3 Å². The molecule has 2 aromatic carbocycles. The van der Waals surface area contributed by atoms with Crippen molar-refractivity contribution in [3.63, 3.8) is 0 Å². The van der Waals surface area contributed by atoms with Crippen molar-refractivity contribution >= 4 is 11.5 Å². The van der Waals surface area contributed by atoms with E-state index >= 15 is 0 Å². The van der Waals surface area contributed by atoms with Crippen molar-refractivity contribution in [2.75, 3.05) is 5.32 Å². The van der Waals surface area contributed by atoms with Gasteiger partial charge < -0.3 is 10.4 Å². The highest BCUT2D eigenvalue weighted by Gasteiger charge is 2.10. The minimum atomic E-state index is 0.250. The van der Waals surface area contributed by atoms with Crippen LogP contribution in [0.2, 0.25) is 0 Å². The van der Waals surface area contributed by atoms with Crippen LogP contribution < -0.4 is 5.32 Å². The Bertz CT molecular complexity index is 1050. The number of imidazole rings is 1. The molecule has 4 rings (SSSR count). The molecule has 136 valence electrons. The molecule has 0 bridgehead atoms. The van der Waals surface area contributed by atoms with Crippen LogP contribution in [0.15, 0.2) is 67.1 Å². The normalized spacial score (nSPS) is 11.2. The van der Waals surface area contributed by atoms with Gasteiger partial charge in [0.05, 0.1) is 11.9 Å². The number of aromatic hydroxyl groups is 1. The summed E-state index contributed by atoms with van der Waals surface area (Å²) in [6.07, 6.45) is 5.49. The van der Waals surface area contributed by atoms with E-state index in [-0.39, 0.29) is 5.75 Å². The summed E-state index contributed by atoms with van der Waals surface area (Å²) in [6.45, 7) is 5.08. The Morgan fingerprint density at radius 1 is 1.00 bits per heavy atom. The Morgan fingerprint density at radius 2 is 1.74 bits per heavy atom. The molecule has 0 spiro atoms. The van der Waals surface area contributed by atoms with Crippen LogP contribution >= 0.6 is 0 Å². The molecule has 2 aromatic heterocycles. The highest BCUT2D eigenvalue weighted by Crippen LogP contribution is 2.25. The fourth-order valence-electron chi connectivity index (χ4n) is 3.10. The molecule has 0 saturated carbocycles. The summed E-state index contributed by atoms with van der Waals surface area (Å²) < 4.78 is 2.00. The quantitative estimate of drug-likeness (QED) is 0.536. The third-order valence-corrected chi connectivity index (χ3v) is 4.70. The van der Waals surface area contributed by atoms with Gasteiger partial charge >= 0.3 is 0 Å². The minimum absolute atomic E-state index is 0.250. The van der Waals surface area contributed by atoms with Gasteiger partial charge in [0.15, 0.2) is 11.5 Å². The molecular weight excluding hydrogens is 336 g/mol. The van der Waals surface area contributed by atoms with Gasteiger partial charge in [0.2, 0.25) is 0 Å². The molecule has 4 aromatic rings. The van der Waals surface area contributed by atoms with Crippen LogP contribution in [0.4, 0.5) is 5.82 Å². The van der Waals surface area contributed by atoms with Crippen LogP contribution in [-0.4, -0.2) is 19.5 Å². The average Bonchev–Trinajstić information content (AvgIpc) is 3.12. The van der Waals surface area contributed by atoms with E-state index < -0.39 is 0 Å². The van der Waals surface area contributed by atoms with Gasteiger partial charge in [0.1, 0.15) is 5.75 Å². The van der Waals surface area contributed by atoms with Crippen molar-refractivity contribution < 1.29 is 5.11 Å². The number of fused-ring (bicyclic) bond motifs is 1. The summed E-state index contributed by atoms with van der Waals surface area (Å²) in [7, 11) is 0. The molecule has 0 unspecified atom stereocenters. The largest absolute Gasteiger partial charge is 0.508 e. The lowest BCUT2D eigenvalue weighted by molar-refractivity contribution is 0.475. The van der Waals surface area contributed by atoms with Gasteiger partial charge in [-0.1, -0.05) is 38.1 Å². The molecular formula is C22H22N4O. The molecule has 0 aliphatic rings. The third-order valence-electron chi connectivity index (χ3n) is 4.70. The number of anilines is 1. The van der Waals surface area contributed by atoms with Crippen LogP contribution in [0.25, 0.3) is 16.9 Å². The van der Waals surface area contributed by atoms with Gasteiger partial charge in [0, 0.05) is 24.5 Å². The first-order valence-electron chi connectivity index (χ1n) is 9.06. The first-order valence-corrected chi connectivity index (χ1v) is 9.06. The van der Waals surface area contributed by atoms with Gasteiger partial charge in [-0.3, -0.25) is 4.40 Å². The van der Waals surface area contributed by atoms with E-state index in [1.807, 2.05) is 28.9 Å². The maximum Gasteiger partial charge on any atom is 0.180 e. The molecule has 0 aliphatic carbocycles. The molecule has 0 amide bonds. The molecule has 5 nitrogen and oxygen atoms in total. The maximum absolute atomic E-state index is 9.49. The van der Waals surface area contributed by atoms with Crippen LogP contribution in [0, 0.1) is 0 Å². The Hall–Kier alpha value is -3.34. The molecule has 0 aliphatic heterocycles. The number of hydrogen-bond donors (Lipinski definition) is 2. The number of phenols is 1. The molecule has 0 radical (unpaired) electrons. The summed E-state index contributed by atoms with van der Waals surface area (Å²) in [6, 6.07) is 15.8. The fraction of sp³-hybridized carbons (Fsp3) is 0.182. The number of nitrogens with one attached hydrogen (secondary N) is 1. The van der Waals surface area contributed by atoms with Gasteiger partial charge in [-0.15, -0.1) is 0 Å². The molecule has 2 heterocycles. The Kier molecular flexibility index (Phi) is 4.50. The van der Waals surface area contributed by atoms with E-state index in [1.54, 1.807) is 18.3 Å². The van der Waals surface area contributed by atoms with Crippen molar-refractivity contribution in [2.45, 2.75) is 26.3 Å². The Balaban J connectivity index is 1.58. The first-order chi connectivity index (χ1) is 13.1. The monoisotopic (exact) mass is 358 g/mol. The van der Waals surface area contributed by atoms with Crippen molar-refractivity contribution in [3.05, 3.63) is 78.2 Å². The van der Waals surface area contributed by atoms with Crippen LogP contribution in [0.5, 0.6) is 5.75 Å². The lowest BCUT2D eigenvalue weighted by Crippen LogP contribution is -2.04. The van der Waals surface area contributed by atoms with Crippen molar-refractivity contribution in [2.24, 2.45) is 0 Å². The molecule has 0 atom stereocenters. The van der Waals surface area contributed by atoms with E-state index in [0.29, 0.717) is 12.5 Å². The Morgan fingerprint density at radius 3 is 2.44 bits per heavy atom. The molecule has 2 N–H and O–H groups in total. The van der Waals surface area contributed by atoms with Crippen LogP contribution in [-0.2, 0) is 6.54 Å². The van der Waals surface area contributed by atoms with E-state index in [1.165, 1.54) is 11.1 Å². The highest BCUT2D eigenvalue weighted by molar-refractivity contribution is 5.70. The zero-order valence-corrected chi connectivity index (χ0v) is 15.4. The number of aromatic nitrogens is 3. The highest BCUT2D eigenvalue weighted by atomic mass is 16.3. The molecule has 27 heavy (non-hydrogen) atoms. The number of benzene rings is 2. The molecule has 0 fully saturated rings. The Labute approximate surface area is 158 Å². The lowest BCUT2D eigenvalue weighted by Gasteiger charge is -2.10. The second-order valence-electron chi connectivity index (χ2n) is 6.91. The average molecular weight is 358 g/mol. The van der Waals surface area contributed by atoms with E-state index in [0.717, 1.165) is 22.7 Å². The molecule has 0 saturated heterocycles. The second kappa shape index (κ2) is 7.11. The smallest absolute Gasteiger partial charge is 0.180 e. The van der Waals surface area contributed by atoms with Crippen molar-refractivity contribution in [1.82, 2.24) is 14.4 Å². The fourth-order valence-corrected chi connectivity index (χ4v) is 3.10. The zero-order valence-electron chi connectivity index (χ0n) is 15.4. The van der Waals surface area contributed by atoms with E-state index in [4.69, 9.17) is 0 Å². The van der Waals surface area contributed by atoms with Gasteiger partial charge in [0.25, 0.3) is 0 Å². The van der Waals surface area contributed by atoms with Crippen molar-refractivity contribution in [3.8, 4) is 17.0 Å². The van der Waals surface area contributed by atoms with E-state index in [2.05, 4.69) is 53.4 Å². The summed E-state index contributed by atoms with van der Waals surface area (Å²) >= 11 is 0. The van der Waals surface area contributed by atoms with Gasteiger partial charge in [-0.25, -0.2) is 9.97 Å². The summed E-state index contributed by atoms with van der Waals surface area (Å²) in [5, 5.41) is 12.9. The molecule has 5 heteroatoms.